The first-order valence-electron chi connectivity index (χ1n) is 11.2. The summed E-state index contributed by atoms with van der Waals surface area (Å²) < 4.78 is 0. The third kappa shape index (κ3) is 4.52. The first kappa shape index (κ1) is 21.0. The summed E-state index contributed by atoms with van der Waals surface area (Å²) in [6.45, 7) is 2.91. The van der Waals surface area contributed by atoms with E-state index in [0.29, 0.717) is 24.5 Å². The lowest BCUT2D eigenvalue weighted by Crippen LogP contribution is -2.19. The van der Waals surface area contributed by atoms with Gasteiger partial charge in [-0.1, -0.05) is 6.08 Å². The van der Waals surface area contributed by atoms with Crippen LogP contribution < -0.4 is 10.6 Å². The minimum absolute atomic E-state index is 0.248. The second-order valence-electron chi connectivity index (χ2n) is 8.54. The number of fused-ring (bicyclic) bond motifs is 1. The molecule has 2 atom stereocenters. The average molecular weight is 449 g/mol. The van der Waals surface area contributed by atoms with Crippen LogP contribution in [0.15, 0.2) is 30.6 Å². The highest BCUT2D eigenvalue weighted by atomic mass is 32.1. The van der Waals surface area contributed by atoms with Crippen molar-refractivity contribution < 1.29 is 5.11 Å². The highest BCUT2D eigenvalue weighted by Crippen LogP contribution is 2.38. The number of hydrogen-bond donors (Lipinski definition) is 3. The summed E-state index contributed by atoms with van der Waals surface area (Å²) in [5, 5.41) is 17.6. The van der Waals surface area contributed by atoms with Crippen LogP contribution in [-0.2, 0) is 13.0 Å². The molecule has 2 aliphatic rings. The monoisotopic (exact) mass is 448 g/mol. The summed E-state index contributed by atoms with van der Waals surface area (Å²) in [5.41, 5.74) is 4.19. The van der Waals surface area contributed by atoms with Gasteiger partial charge in [0, 0.05) is 31.6 Å². The van der Waals surface area contributed by atoms with E-state index in [-0.39, 0.29) is 6.61 Å². The zero-order valence-corrected chi connectivity index (χ0v) is 19.0. The van der Waals surface area contributed by atoms with Crippen LogP contribution in [0.3, 0.4) is 0 Å². The van der Waals surface area contributed by atoms with E-state index < -0.39 is 0 Å². The number of aromatic nitrogens is 4. The normalized spacial score (nSPS) is 19.7. The van der Waals surface area contributed by atoms with Crippen LogP contribution in [-0.4, -0.2) is 37.7 Å². The van der Waals surface area contributed by atoms with E-state index in [9.17, 15) is 5.11 Å². The van der Waals surface area contributed by atoms with Gasteiger partial charge in [0.2, 0.25) is 5.95 Å². The van der Waals surface area contributed by atoms with Gasteiger partial charge in [0.15, 0.2) is 0 Å². The fraction of sp³-hybridized carbons (Fsp3) is 0.417. The summed E-state index contributed by atoms with van der Waals surface area (Å²) in [7, 11) is 0. The summed E-state index contributed by atoms with van der Waals surface area (Å²) >= 11 is 1.71. The largest absolute Gasteiger partial charge is 0.396 e. The van der Waals surface area contributed by atoms with Gasteiger partial charge in [-0.05, 0) is 68.7 Å². The van der Waals surface area contributed by atoms with E-state index in [1.807, 2.05) is 19.1 Å². The lowest BCUT2D eigenvalue weighted by molar-refractivity contribution is 0.229. The molecule has 8 heteroatoms. The topological polar surface area (TPSA) is 95.9 Å². The molecule has 7 nitrogen and oxygen atoms in total. The molecule has 0 aliphatic heterocycles. The van der Waals surface area contributed by atoms with Crippen molar-refractivity contribution in [3.63, 3.8) is 0 Å². The van der Waals surface area contributed by atoms with Crippen molar-refractivity contribution >= 4 is 29.2 Å². The highest BCUT2D eigenvalue weighted by molar-refractivity contribution is 7.16. The summed E-state index contributed by atoms with van der Waals surface area (Å²) in [5.74, 6) is 1.79. The number of nitrogens with one attached hydrogen (secondary N) is 2. The molecule has 0 spiro atoms. The van der Waals surface area contributed by atoms with Crippen LogP contribution in [0, 0.1) is 12.8 Å². The van der Waals surface area contributed by atoms with Crippen molar-refractivity contribution in [3.05, 3.63) is 52.4 Å². The smallest absolute Gasteiger partial charge is 0.225 e. The number of aryl methyl sites for hydroxylation is 2. The molecule has 2 aliphatic carbocycles. The SMILES string of the molecule is Cc1nc(NCc2ccncc2)nc(N[C@H]2CC[C@@H](CO)C2)c1-c1nc2c(s1)C=CCC2. The third-order valence-corrected chi connectivity index (χ3v) is 7.27. The van der Waals surface area contributed by atoms with Crippen LogP contribution >= 0.6 is 11.3 Å². The molecular formula is C24H28N6OS. The molecule has 5 rings (SSSR count). The Labute approximate surface area is 192 Å². The summed E-state index contributed by atoms with van der Waals surface area (Å²) in [6, 6.07) is 4.26. The second-order valence-corrected chi connectivity index (χ2v) is 9.57. The Bertz CT molecular complexity index is 1110. The van der Waals surface area contributed by atoms with Crippen molar-refractivity contribution in [1.29, 1.82) is 0 Å². The Hall–Kier alpha value is -2.84. The highest BCUT2D eigenvalue weighted by Gasteiger charge is 2.27. The first-order chi connectivity index (χ1) is 15.7. The van der Waals surface area contributed by atoms with Gasteiger partial charge < -0.3 is 15.7 Å². The predicted octanol–water partition coefficient (Wildman–Crippen LogP) is 4.45. The molecule has 32 heavy (non-hydrogen) atoms. The summed E-state index contributed by atoms with van der Waals surface area (Å²) in [4.78, 5) is 19.9. The number of nitrogens with zero attached hydrogens (tertiary/aromatic N) is 4. The van der Waals surface area contributed by atoms with Gasteiger partial charge in [0.05, 0.1) is 21.8 Å². The number of anilines is 2. The maximum atomic E-state index is 9.56. The van der Waals surface area contributed by atoms with Crippen molar-refractivity contribution in [2.45, 2.75) is 51.6 Å². The molecule has 3 heterocycles. The summed E-state index contributed by atoms with van der Waals surface area (Å²) in [6.07, 6.45) is 13.0. The van der Waals surface area contributed by atoms with Crippen molar-refractivity contribution in [2.75, 3.05) is 17.2 Å². The number of rotatable bonds is 7. The molecule has 0 saturated heterocycles. The Balaban J connectivity index is 1.46. The van der Waals surface area contributed by atoms with E-state index in [0.717, 1.165) is 59.8 Å². The van der Waals surface area contributed by atoms with Gasteiger partial charge in [-0.25, -0.2) is 9.97 Å². The maximum Gasteiger partial charge on any atom is 0.225 e. The van der Waals surface area contributed by atoms with Crippen LogP contribution in [0.2, 0.25) is 0 Å². The number of hydrogen-bond acceptors (Lipinski definition) is 8. The fourth-order valence-corrected chi connectivity index (χ4v) is 5.59. The molecule has 1 saturated carbocycles. The van der Waals surface area contributed by atoms with Gasteiger partial charge in [-0.15, -0.1) is 11.3 Å². The number of allylic oxidation sites excluding steroid dienone is 1. The van der Waals surface area contributed by atoms with Gasteiger partial charge in [0.1, 0.15) is 10.8 Å². The minimum Gasteiger partial charge on any atom is -0.396 e. The van der Waals surface area contributed by atoms with Crippen LogP contribution in [0.1, 0.15) is 47.5 Å². The number of aliphatic hydroxyl groups excluding tert-OH is 1. The Morgan fingerprint density at radius 1 is 1.16 bits per heavy atom. The molecule has 3 N–H and O–H groups in total. The molecule has 0 unspecified atom stereocenters. The predicted molar refractivity (Wildman–Crippen MR) is 129 cm³/mol. The third-order valence-electron chi connectivity index (χ3n) is 6.19. The van der Waals surface area contributed by atoms with E-state index in [4.69, 9.17) is 15.0 Å². The molecule has 1 fully saturated rings. The fourth-order valence-electron chi connectivity index (χ4n) is 4.45. The van der Waals surface area contributed by atoms with Gasteiger partial charge in [-0.3, -0.25) is 4.98 Å². The van der Waals surface area contributed by atoms with Crippen LogP contribution in [0.4, 0.5) is 11.8 Å². The molecule has 0 amide bonds. The molecule has 3 aromatic heterocycles. The lowest BCUT2D eigenvalue weighted by Gasteiger charge is -2.18. The molecule has 0 aromatic carbocycles. The average Bonchev–Trinajstić information content (AvgIpc) is 3.44. The van der Waals surface area contributed by atoms with E-state index in [1.165, 1.54) is 10.6 Å². The second kappa shape index (κ2) is 9.34. The van der Waals surface area contributed by atoms with Crippen LogP contribution in [0.5, 0.6) is 0 Å². The maximum absolute atomic E-state index is 9.56. The van der Waals surface area contributed by atoms with E-state index in [2.05, 4.69) is 27.8 Å². The molecule has 0 bridgehead atoms. The van der Waals surface area contributed by atoms with Crippen molar-refractivity contribution in [1.82, 2.24) is 19.9 Å². The van der Waals surface area contributed by atoms with Crippen molar-refractivity contribution in [3.8, 4) is 10.6 Å². The number of thiazole rings is 1. The quantitative estimate of drug-likeness (QED) is 0.491. The van der Waals surface area contributed by atoms with E-state index in [1.54, 1.807) is 23.7 Å². The molecular weight excluding hydrogens is 420 g/mol. The minimum atomic E-state index is 0.248. The lowest BCUT2D eigenvalue weighted by atomic mass is 10.1. The van der Waals surface area contributed by atoms with Gasteiger partial charge >= 0.3 is 0 Å². The van der Waals surface area contributed by atoms with Gasteiger partial charge in [0.25, 0.3) is 0 Å². The van der Waals surface area contributed by atoms with Gasteiger partial charge in [-0.2, -0.15) is 4.98 Å². The zero-order valence-electron chi connectivity index (χ0n) is 18.2. The van der Waals surface area contributed by atoms with Crippen molar-refractivity contribution in [2.24, 2.45) is 5.92 Å². The standard InChI is InChI=1S/C24H28N6OS/c1-15-21(23-29-19-4-2-3-5-20(19)32-23)22(28-18-7-6-17(12-18)14-31)30-24(27-15)26-13-16-8-10-25-11-9-16/h3,5,8-11,17-18,31H,2,4,6-7,12-14H2,1H3,(H2,26,27,28,30)/t17-,18+/m1/s1. The molecule has 3 aromatic rings. The Kier molecular flexibility index (Phi) is 6.14. The Morgan fingerprint density at radius 3 is 2.81 bits per heavy atom. The molecule has 166 valence electrons. The first-order valence-corrected chi connectivity index (χ1v) is 12.1. The van der Waals surface area contributed by atoms with E-state index >= 15 is 0 Å². The number of aliphatic hydroxyl groups is 1. The zero-order chi connectivity index (χ0) is 21.9. The van der Waals surface area contributed by atoms with Crippen LogP contribution in [0.25, 0.3) is 16.6 Å². The Morgan fingerprint density at radius 2 is 2.03 bits per heavy atom. The number of pyridine rings is 1. The molecule has 0 radical (unpaired) electrons.